The first-order chi connectivity index (χ1) is 13.5. The minimum atomic E-state index is -0.277. The molecular weight excluding hydrogens is 356 g/mol. The number of carbonyl (C=O) groups is 1. The van der Waals surface area contributed by atoms with Gasteiger partial charge in [-0.1, -0.05) is 18.2 Å². The standard InChI is InChI=1S/C22H26N2O4/c1-16-5-4-6-20(17(16)2)27-13-14-28-21-15-19(26-3)8-7-18(21)10-12-24-22(25)9-11-23/h4-8,15H,9-10,12-14H2,1-3H3,(H,24,25). The molecular formula is C22H26N2O4. The summed E-state index contributed by atoms with van der Waals surface area (Å²) in [6.07, 6.45) is 0.454. The summed E-state index contributed by atoms with van der Waals surface area (Å²) in [5.74, 6) is 1.97. The van der Waals surface area contributed by atoms with Crippen LogP contribution >= 0.6 is 0 Å². The van der Waals surface area contributed by atoms with Crippen molar-refractivity contribution in [2.75, 3.05) is 26.9 Å². The van der Waals surface area contributed by atoms with Gasteiger partial charge >= 0.3 is 0 Å². The summed E-state index contributed by atoms with van der Waals surface area (Å²) in [5.41, 5.74) is 3.26. The second-order valence-corrected chi connectivity index (χ2v) is 6.30. The molecule has 28 heavy (non-hydrogen) atoms. The quantitative estimate of drug-likeness (QED) is 0.638. The van der Waals surface area contributed by atoms with Crippen molar-refractivity contribution in [3.8, 4) is 23.3 Å². The molecule has 2 rings (SSSR count). The van der Waals surface area contributed by atoms with Crippen molar-refractivity contribution in [3.05, 3.63) is 53.1 Å². The highest BCUT2D eigenvalue weighted by Crippen LogP contribution is 2.25. The topological polar surface area (TPSA) is 80.6 Å². The fourth-order valence-corrected chi connectivity index (χ4v) is 2.66. The van der Waals surface area contributed by atoms with Crippen molar-refractivity contribution in [2.24, 2.45) is 0 Å². The van der Waals surface area contributed by atoms with E-state index in [0.717, 1.165) is 16.9 Å². The van der Waals surface area contributed by atoms with Crippen LogP contribution in [0.2, 0.25) is 0 Å². The van der Waals surface area contributed by atoms with Crippen molar-refractivity contribution in [1.29, 1.82) is 5.26 Å². The Morgan fingerprint density at radius 2 is 1.86 bits per heavy atom. The molecule has 0 aromatic heterocycles. The van der Waals surface area contributed by atoms with Crippen LogP contribution in [-0.4, -0.2) is 32.8 Å². The number of methoxy groups -OCH3 is 1. The molecule has 0 saturated heterocycles. The van der Waals surface area contributed by atoms with Gasteiger partial charge in [0.15, 0.2) is 0 Å². The first-order valence-electron chi connectivity index (χ1n) is 9.17. The van der Waals surface area contributed by atoms with E-state index in [9.17, 15) is 4.79 Å². The van der Waals surface area contributed by atoms with Gasteiger partial charge in [-0.3, -0.25) is 4.79 Å². The van der Waals surface area contributed by atoms with E-state index in [-0.39, 0.29) is 12.3 Å². The number of ether oxygens (including phenoxy) is 3. The largest absolute Gasteiger partial charge is 0.497 e. The molecule has 2 aromatic rings. The van der Waals surface area contributed by atoms with E-state index in [1.54, 1.807) is 7.11 Å². The molecule has 0 aliphatic rings. The Balaban J connectivity index is 1.92. The summed E-state index contributed by atoms with van der Waals surface area (Å²) in [4.78, 5) is 11.4. The van der Waals surface area contributed by atoms with Crippen molar-refractivity contribution in [3.63, 3.8) is 0 Å². The van der Waals surface area contributed by atoms with Gasteiger partial charge in [0.1, 0.15) is 36.9 Å². The number of nitriles is 1. The predicted octanol–water partition coefficient (Wildman–Crippen LogP) is 3.34. The number of benzene rings is 2. The first-order valence-corrected chi connectivity index (χ1v) is 9.17. The van der Waals surface area contributed by atoms with Gasteiger partial charge in [0.25, 0.3) is 0 Å². The molecule has 0 spiro atoms. The number of hydrogen-bond donors (Lipinski definition) is 1. The minimum Gasteiger partial charge on any atom is -0.497 e. The maximum atomic E-state index is 11.4. The van der Waals surface area contributed by atoms with Crippen LogP contribution in [0, 0.1) is 25.2 Å². The zero-order valence-electron chi connectivity index (χ0n) is 16.6. The van der Waals surface area contributed by atoms with Crippen LogP contribution in [0.4, 0.5) is 0 Å². The number of aryl methyl sites for hydroxylation is 1. The summed E-state index contributed by atoms with van der Waals surface area (Å²) in [6.45, 7) is 5.32. The fourth-order valence-electron chi connectivity index (χ4n) is 2.66. The Kier molecular flexibility index (Phi) is 8.16. The van der Waals surface area contributed by atoms with Gasteiger partial charge in [-0.2, -0.15) is 5.26 Å². The molecule has 148 valence electrons. The lowest BCUT2D eigenvalue weighted by Crippen LogP contribution is -2.25. The number of nitrogens with one attached hydrogen (secondary N) is 1. The van der Waals surface area contributed by atoms with E-state index >= 15 is 0 Å². The van der Waals surface area contributed by atoms with Crippen LogP contribution in [0.1, 0.15) is 23.1 Å². The number of rotatable bonds is 10. The second kappa shape index (κ2) is 10.8. The molecule has 0 saturated carbocycles. The van der Waals surface area contributed by atoms with Crippen molar-refractivity contribution in [1.82, 2.24) is 5.32 Å². The van der Waals surface area contributed by atoms with E-state index in [2.05, 4.69) is 18.3 Å². The molecule has 0 unspecified atom stereocenters. The Bertz CT molecular complexity index is 843. The van der Waals surface area contributed by atoms with Crippen molar-refractivity contribution in [2.45, 2.75) is 26.7 Å². The van der Waals surface area contributed by atoms with Crippen LogP contribution in [0.3, 0.4) is 0 Å². The molecule has 2 aromatic carbocycles. The summed E-state index contributed by atoms with van der Waals surface area (Å²) in [5, 5.41) is 11.2. The molecule has 0 aliphatic carbocycles. The minimum absolute atomic E-state index is 0.137. The number of hydrogen-bond acceptors (Lipinski definition) is 5. The monoisotopic (exact) mass is 382 g/mol. The van der Waals surface area contributed by atoms with Crippen molar-refractivity contribution < 1.29 is 19.0 Å². The van der Waals surface area contributed by atoms with Gasteiger partial charge in [0.05, 0.1) is 13.2 Å². The molecule has 0 bridgehead atoms. The molecule has 1 N–H and O–H groups in total. The Morgan fingerprint density at radius 1 is 1.11 bits per heavy atom. The lowest BCUT2D eigenvalue weighted by Gasteiger charge is -2.15. The molecule has 0 radical (unpaired) electrons. The molecule has 6 nitrogen and oxygen atoms in total. The van der Waals surface area contributed by atoms with Crippen molar-refractivity contribution >= 4 is 5.91 Å². The first kappa shape index (κ1) is 21.1. The Hall–Kier alpha value is -3.20. The molecule has 0 aliphatic heterocycles. The van der Waals surface area contributed by atoms with E-state index in [1.165, 1.54) is 5.56 Å². The van der Waals surface area contributed by atoms with Gasteiger partial charge < -0.3 is 19.5 Å². The van der Waals surface area contributed by atoms with Gasteiger partial charge in [0, 0.05) is 12.6 Å². The fraction of sp³-hybridized carbons (Fsp3) is 0.364. The Morgan fingerprint density at radius 3 is 2.57 bits per heavy atom. The average Bonchev–Trinajstić information content (AvgIpc) is 2.69. The highest BCUT2D eigenvalue weighted by molar-refractivity contribution is 5.77. The molecule has 6 heteroatoms. The SMILES string of the molecule is COc1ccc(CCNC(=O)CC#N)c(OCCOc2cccc(C)c2C)c1. The lowest BCUT2D eigenvalue weighted by molar-refractivity contribution is -0.120. The highest BCUT2D eigenvalue weighted by atomic mass is 16.5. The number of carbonyl (C=O) groups excluding carboxylic acids is 1. The number of nitrogens with zero attached hydrogens (tertiary/aromatic N) is 1. The zero-order valence-corrected chi connectivity index (χ0v) is 16.6. The van der Waals surface area contributed by atoms with Crippen LogP contribution in [0.15, 0.2) is 36.4 Å². The van der Waals surface area contributed by atoms with Crippen LogP contribution in [-0.2, 0) is 11.2 Å². The summed E-state index contributed by atoms with van der Waals surface area (Å²) in [6, 6.07) is 13.4. The summed E-state index contributed by atoms with van der Waals surface area (Å²) in [7, 11) is 1.60. The third-order valence-corrected chi connectivity index (χ3v) is 4.38. The number of amides is 1. The second-order valence-electron chi connectivity index (χ2n) is 6.30. The normalized spacial score (nSPS) is 10.1. The lowest BCUT2D eigenvalue weighted by atomic mass is 10.1. The van der Waals surface area contributed by atoms with Gasteiger partial charge in [-0.05, 0) is 49.1 Å². The zero-order chi connectivity index (χ0) is 20.4. The van der Waals surface area contributed by atoms with Crippen LogP contribution in [0.25, 0.3) is 0 Å². The average molecular weight is 382 g/mol. The maximum Gasteiger partial charge on any atom is 0.234 e. The maximum absolute atomic E-state index is 11.4. The third kappa shape index (κ3) is 6.20. The van der Waals surface area contributed by atoms with E-state index < -0.39 is 0 Å². The molecule has 0 atom stereocenters. The smallest absolute Gasteiger partial charge is 0.234 e. The van der Waals surface area contributed by atoms with Gasteiger partial charge in [0.2, 0.25) is 5.91 Å². The van der Waals surface area contributed by atoms with Gasteiger partial charge in [-0.15, -0.1) is 0 Å². The van der Waals surface area contributed by atoms with Gasteiger partial charge in [-0.25, -0.2) is 0 Å². The highest BCUT2D eigenvalue weighted by Gasteiger charge is 2.08. The van der Waals surface area contributed by atoms with E-state index in [4.69, 9.17) is 19.5 Å². The third-order valence-electron chi connectivity index (χ3n) is 4.38. The predicted molar refractivity (Wildman–Crippen MR) is 107 cm³/mol. The Labute approximate surface area is 166 Å². The van der Waals surface area contributed by atoms with E-state index in [0.29, 0.717) is 37.7 Å². The molecule has 0 fully saturated rings. The van der Waals surface area contributed by atoms with Crippen LogP contribution < -0.4 is 19.5 Å². The summed E-state index contributed by atoms with van der Waals surface area (Å²) >= 11 is 0. The van der Waals surface area contributed by atoms with E-state index in [1.807, 2.05) is 43.3 Å². The molecule has 1 amide bonds. The van der Waals surface area contributed by atoms with Crippen LogP contribution in [0.5, 0.6) is 17.2 Å². The molecule has 0 heterocycles. The summed E-state index contributed by atoms with van der Waals surface area (Å²) < 4.78 is 17.0.